The normalized spacial score (nSPS) is 15.3. The summed E-state index contributed by atoms with van der Waals surface area (Å²) in [4.78, 5) is 0. The fraction of sp³-hybridized carbons (Fsp3) is 0.625. The average molecular weight is 234 g/mol. The van der Waals surface area contributed by atoms with Gasteiger partial charge in [-0.1, -0.05) is 58.9 Å². The molecule has 1 N–H and O–H groups in total. The third kappa shape index (κ3) is 4.16. The van der Waals surface area contributed by atoms with Crippen LogP contribution < -0.4 is 0 Å². The monoisotopic (exact) mass is 234 g/mol. The molecule has 0 saturated heterocycles. The zero-order valence-corrected chi connectivity index (χ0v) is 11.8. The predicted molar refractivity (Wildman–Crippen MR) is 73.9 cm³/mol. The standard InChI is InChI=1S/C16H26O/c1-11(2)9-14-7-6-8-15(10-14)16(17)13(5)12(3)4/h6-8,10-13,16-17H,9H2,1-5H3. The maximum Gasteiger partial charge on any atom is 0.0818 e. The minimum Gasteiger partial charge on any atom is -0.388 e. The van der Waals surface area contributed by atoms with Crippen LogP contribution in [0.25, 0.3) is 0 Å². The van der Waals surface area contributed by atoms with Gasteiger partial charge in [0.05, 0.1) is 6.10 Å². The quantitative estimate of drug-likeness (QED) is 0.809. The van der Waals surface area contributed by atoms with Crippen LogP contribution in [0.4, 0.5) is 0 Å². The number of rotatable bonds is 5. The Balaban J connectivity index is 2.83. The van der Waals surface area contributed by atoms with E-state index in [2.05, 4.69) is 52.8 Å². The Morgan fingerprint density at radius 1 is 1.06 bits per heavy atom. The molecule has 0 spiro atoms. The van der Waals surface area contributed by atoms with Crippen LogP contribution in [0, 0.1) is 17.8 Å². The predicted octanol–water partition coefficient (Wildman–Crippen LogP) is 4.21. The second kappa shape index (κ2) is 6.20. The SMILES string of the molecule is CC(C)Cc1cccc(C(O)C(C)C(C)C)c1. The average Bonchev–Trinajstić information content (AvgIpc) is 2.26. The van der Waals surface area contributed by atoms with Gasteiger partial charge in [0.15, 0.2) is 0 Å². The molecule has 1 rings (SSSR count). The van der Waals surface area contributed by atoms with E-state index in [0.29, 0.717) is 17.8 Å². The Morgan fingerprint density at radius 3 is 2.24 bits per heavy atom. The summed E-state index contributed by atoms with van der Waals surface area (Å²) in [7, 11) is 0. The summed E-state index contributed by atoms with van der Waals surface area (Å²) in [6, 6.07) is 8.40. The Labute approximate surface area is 106 Å². The van der Waals surface area contributed by atoms with Gasteiger partial charge < -0.3 is 5.11 Å². The molecular formula is C16H26O. The summed E-state index contributed by atoms with van der Waals surface area (Å²) < 4.78 is 0. The lowest BCUT2D eigenvalue weighted by Gasteiger charge is -2.23. The van der Waals surface area contributed by atoms with Crippen LogP contribution in [-0.4, -0.2) is 5.11 Å². The molecule has 2 unspecified atom stereocenters. The maximum absolute atomic E-state index is 10.3. The molecule has 0 amide bonds. The summed E-state index contributed by atoms with van der Waals surface area (Å²) in [5.41, 5.74) is 2.39. The van der Waals surface area contributed by atoms with Crippen LogP contribution in [-0.2, 0) is 6.42 Å². The Hall–Kier alpha value is -0.820. The summed E-state index contributed by atoms with van der Waals surface area (Å²) in [6.07, 6.45) is 0.735. The Morgan fingerprint density at radius 2 is 1.71 bits per heavy atom. The van der Waals surface area contributed by atoms with Gasteiger partial charge in [0, 0.05) is 0 Å². The lowest BCUT2D eigenvalue weighted by Crippen LogP contribution is -2.15. The lowest BCUT2D eigenvalue weighted by molar-refractivity contribution is 0.0920. The van der Waals surface area contributed by atoms with E-state index in [1.165, 1.54) is 5.56 Å². The molecule has 2 atom stereocenters. The van der Waals surface area contributed by atoms with Gasteiger partial charge in [-0.15, -0.1) is 0 Å². The van der Waals surface area contributed by atoms with Crippen molar-refractivity contribution in [3.8, 4) is 0 Å². The third-order valence-electron chi connectivity index (χ3n) is 3.49. The molecule has 0 heterocycles. The second-order valence-electron chi connectivity index (χ2n) is 5.89. The molecule has 0 aliphatic carbocycles. The first-order chi connectivity index (χ1) is 7.91. The Kier molecular flexibility index (Phi) is 5.20. The molecule has 0 radical (unpaired) electrons. The van der Waals surface area contributed by atoms with Crippen molar-refractivity contribution in [3.63, 3.8) is 0 Å². The van der Waals surface area contributed by atoms with Crippen molar-refractivity contribution >= 4 is 0 Å². The number of aliphatic hydroxyl groups is 1. The van der Waals surface area contributed by atoms with Gasteiger partial charge >= 0.3 is 0 Å². The molecule has 17 heavy (non-hydrogen) atoms. The van der Waals surface area contributed by atoms with Crippen LogP contribution in [0.3, 0.4) is 0 Å². The van der Waals surface area contributed by atoms with Crippen LogP contribution in [0.15, 0.2) is 24.3 Å². The van der Waals surface area contributed by atoms with Crippen LogP contribution in [0.1, 0.15) is 51.8 Å². The van der Waals surface area contributed by atoms with E-state index in [0.717, 1.165) is 12.0 Å². The zero-order chi connectivity index (χ0) is 13.0. The van der Waals surface area contributed by atoms with Crippen molar-refractivity contribution in [2.24, 2.45) is 17.8 Å². The first kappa shape index (κ1) is 14.2. The largest absolute Gasteiger partial charge is 0.388 e. The van der Waals surface area contributed by atoms with Crippen LogP contribution in [0.2, 0.25) is 0 Å². The molecular weight excluding hydrogens is 208 g/mol. The molecule has 1 heteroatoms. The third-order valence-corrected chi connectivity index (χ3v) is 3.49. The first-order valence-corrected chi connectivity index (χ1v) is 6.68. The van der Waals surface area contributed by atoms with Crippen molar-refractivity contribution in [1.29, 1.82) is 0 Å². The molecule has 0 fully saturated rings. The van der Waals surface area contributed by atoms with E-state index >= 15 is 0 Å². The molecule has 0 saturated carbocycles. The summed E-state index contributed by atoms with van der Waals surface area (Å²) in [5, 5.41) is 10.3. The summed E-state index contributed by atoms with van der Waals surface area (Å²) in [6.45, 7) is 10.9. The Bertz CT molecular complexity index is 341. The van der Waals surface area contributed by atoms with Gasteiger partial charge in [0.25, 0.3) is 0 Å². The second-order valence-corrected chi connectivity index (χ2v) is 5.89. The van der Waals surface area contributed by atoms with Gasteiger partial charge in [0.2, 0.25) is 0 Å². The molecule has 1 aromatic rings. The molecule has 0 aliphatic heterocycles. The van der Waals surface area contributed by atoms with Crippen molar-refractivity contribution in [2.75, 3.05) is 0 Å². The number of aliphatic hydroxyl groups excluding tert-OH is 1. The van der Waals surface area contributed by atoms with Crippen molar-refractivity contribution in [3.05, 3.63) is 35.4 Å². The molecule has 0 aromatic heterocycles. The minimum absolute atomic E-state index is 0.296. The molecule has 96 valence electrons. The van der Waals surface area contributed by atoms with Crippen LogP contribution >= 0.6 is 0 Å². The molecule has 0 aliphatic rings. The van der Waals surface area contributed by atoms with E-state index in [1.807, 2.05) is 6.07 Å². The highest BCUT2D eigenvalue weighted by molar-refractivity contribution is 5.26. The fourth-order valence-electron chi connectivity index (χ4n) is 2.04. The van der Waals surface area contributed by atoms with E-state index < -0.39 is 0 Å². The maximum atomic E-state index is 10.3. The van der Waals surface area contributed by atoms with Crippen molar-refractivity contribution in [2.45, 2.75) is 47.1 Å². The lowest BCUT2D eigenvalue weighted by atomic mass is 9.87. The first-order valence-electron chi connectivity index (χ1n) is 6.68. The smallest absolute Gasteiger partial charge is 0.0818 e. The van der Waals surface area contributed by atoms with Gasteiger partial charge in [-0.25, -0.2) is 0 Å². The van der Waals surface area contributed by atoms with Gasteiger partial charge in [-0.05, 0) is 35.3 Å². The van der Waals surface area contributed by atoms with E-state index in [4.69, 9.17) is 0 Å². The number of hydrogen-bond donors (Lipinski definition) is 1. The molecule has 0 bridgehead atoms. The van der Waals surface area contributed by atoms with Gasteiger partial charge in [-0.2, -0.15) is 0 Å². The number of benzene rings is 1. The van der Waals surface area contributed by atoms with E-state index in [-0.39, 0.29) is 6.10 Å². The summed E-state index contributed by atoms with van der Waals surface area (Å²) >= 11 is 0. The van der Waals surface area contributed by atoms with Gasteiger partial charge in [-0.3, -0.25) is 0 Å². The van der Waals surface area contributed by atoms with Crippen molar-refractivity contribution in [1.82, 2.24) is 0 Å². The van der Waals surface area contributed by atoms with Gasteiger partial charge in [0.1, 0.15) is 0 Å². The summed E-state index contributed by atoms with van der Waals surface area (Å²) in [5.74, 6) is 1.45. The highest BCUT2D eigenvalue weighted by Crippen LogP contribution is 2.28. The van der Waals surface area contributed by atoms with Crippen LogP contribution in [0.5, 0.6) is 0 Å². The minimum atomic E-state index is -0.345. The number of hydrogen-bond acceptors (Lipinski definition) is 1. The zero-order valence-electron chi connectivity index (χ0n) is 11.8. The highest BCUT2D eigenvalue weighted by atomic mass is 16.3. The molecule has 1 nitrogen and oxygen atoms in total. The highest BCUT2D eigenvalue weighted by Gasteiger charge is 2.19. The topological polar surface area (TPSA) is 20.2 Å². The molecule has 1 aromatic carbocycles. The van der Waals surface area contributed by atoms with Crippen molar-refractivity contribution < 1.29 is 5.11 Å². The van der Waals surface area contributed by atoms with E-state index in [9.17, 15) is 5.11 Å². The fourth-order valence-corrected chi connectivity index (χ4v) is 2.04. The van der Waals surface area contributed by atoms with E-state index in [1.54, 1.807) is 0 Å².